The van der Waals surface area contributed by atoms with Crippen LogP contribution in [0.1, 0.15) is 23.4 Å². The van der Waals surface area contributed by atoms with Gasteiger partial charge in [-0.15, -0.1) is 11.3 Å². The van der Waals surface area contributed by atoms with Crippen LogP contribution in [0.2, 0.25) is 0 Å². The Bertz CT molecular complexity index is 571. The second kappa shape index (κ2) is 7.11. The highest BCUT2D eigenvalue weighted by atomic mass is 79.9. The zero-order chi connectivity index (χ0) is 14.5. The van der Waals surface area contributed by atoms with E-state index in [1.54, 1.807) is 25.6 Å². The van der Waals surface area contributed by atoms with E-state index >= 15 is 0 Å². The highest BCUT2D eigenvalue weighted by molar-refractivity contribution is 9.10. The first-order valence-electron chi connectivity index (χ1n) is 6.33. The SMILES string of the molecule is COc1ccc(CNC(C)c2sccc2Br)c(OC)c1. The molecule has 0 aliphatic carbocycles. The van der Waals surface area contributed by atoms with Crippen molar-refractivity contribution < 1.29 is 9.47 Å². The Kier molecular flexibility index (Phi) is 5.46. The maximum atomic E-state index is 5.41. The van der Waals surface area contributed by atoms with Crippen LogP contribution in [-0.4, -0.2) is 14.2 Å². The molecule has 2 aromatic rings. The lowest BCUT2D eigenvalue weighted by atomic mass is 10.1. The van der Waals surface area contributed by atoms with Crippen LogP contribution in [0.15, 0.2) is 34.1 Å². The van der Waals surface area contributed by atoms with Crippen LogP contribution in [0.25, 0.3) is 0 Å². The smallest absolute Gasteiger partial charge is 0.127 e. The van der Waals surface area contributed by atoms with Crippen molar-refractivity contribution in [3.05, 3.63) is 44.6 Å². The van der Waals surface area contributed by atoms with Crippen LogP contribution in [0, 0.1) is 0 Å². The fourth-order valence-corrected chi connectivity index (χ4v) is 3.72. The van der Waals surface area contributed by atoms with Crippen molar-refractivity contribution in [3.8, 4) is 11.5 Å². The molecule has 1 aromatic carbocycles. The molecule has 2 rings (SSSR count). The molecule has 5 heteroatoms. The summed E-state index contributed by atoms with van der Waals surface area (Å²) in [5.74, 6) is 1.65. The van der Waals surface area contributed by atoms with E-state index in [0.717, 1.165) is 28.1 Å². The van der Waals surface area contributed by atoms with E-state index in [-0.39, 0.29) is 6.04 Å². The van der Waals surface area contributed by atoms with Gasteiger partial charge in [0.1, 0.15) is 11.5 Å². The highest BCUT2D eigenvalue weighted by Crippen LogP contribution is 2.30. The molecule has 3 nitrogen and oxygen atoms in total. The molecule has 0 saturated heterocycles. The summed E-state index contributed by atoms with van der Waals surface area (Å²) in [6.45, 7) is 2.91. The Morgan fingerprint density at radius 1 is 1.25 bits per heavy atom. The topological polar surface area (TPSA) is 30.5 Å². The van der Waals surface area contributed by atoms with Crippen molar-refractivity contribution >= 4 is 27.3 Å². The monoisotopic (exact) mass is 355 g/mol. The van der Waals surface area contributed by atoms with Crippen LogP contribution in [-0.2, 0) is 6.54 Å². The van der Waals surface area contributed by atoms with E-state index in [2.05, 4.69) is 39.6 Å². The van der Waals surface area contributed by atoms with Gasteiger partial charge < -0.3 is 14.8 Å². The van der Waals surface area contributed by atoms with Gasteiger partial charge in [-0.25, -0.2) is 0 Å². The third kappa shape index (κ3) is 3.53. The zero-order valence-corrected chi connectivity index (χ0v) is 14.2. The predicted octanol–water partition coefficient (Wildman–Crippen LogP) is 4.38. The normalized spacial score (nSPS) is 12.2. The molecular formula is C15H18BrNO2S. The molecule has 20 heavy (non-hydrogen) atoms. The Morgan fingerprint density at radius 2 is 2.05 bits per heavy atom. The highest BCUT2D eigenvalue weighted by Gasteiger charge is 2.12. The van der Waals surface area contributed by atoms with Crippen LogP contribution >= 0.6 is 27.3 Å². The minimum absolute atomic E-state index is 0.288. The summed E-state index contributed by atoms with van der Waals surface area (Å²) in [6, 6.07) is 8.25. The second-order valence-corrected chi connectivity index (χ2v) is 6.22. The minimum atomic E-state index is 0.288. The van der Waals surface area contributed by atoms with Crippen molar-refractivity contribution in [1.82, 2.24) is 5.32 Å². The molecule has 1 N–H and O–H groups in total. The summed E-state index contributed by atoms with van der Waals surface area (Å²) >= 11 is 5.32. The molecular weight excluding hydrogens is 338 g/mol. The molecule has 0 amide bonds. The molecule has 1 unspecified atom stereocenters. The molecule has 0 radical (unpaired) electrons. The van der Waals surface area contributed by atoms with Crippen molar-refractivity contribution in [2.24, 2.45) is 0 Å². The summed E-state index contributed by atoms with van der Waals surface area (Å²) < 4.78 is 11.8. The van der Waals surface area contributed by atoms with Gasteiger partial charge in [0, 0.05) is 33.6 Å². The second-order valence-electron chi connectivity index (χ2n) is 4.41. The number of hydrogen-bond donors (Lipinski definition) is 1. The lowest BCUT2D eigenvalue weighted by Gasteiger charge is -2.15. The number of halogens is 1. The van der Waals surface area contributed by atoms with E-state index in [9.17, 15) is 0 Å². The van der Waals surface area contributed by atoms with E-state index in [4.69, 9.17) is 9.47 Å². The number of benzene rings is 1. The molecule has 0 spiro atoms. The van der Waals surface area contributed by atoms with E-state index in [0.29, 0.717) is 0 Å². The lowest BCUT2D eigenvalue weighted by Crippen LogP contribution is -2.18. The third-order valence-electron chi connectivity index (χ3n) is 3.13. The Hall–Kier alpha value is -1.04. The molecule has 0 bridgehead atoms. The number of hydrogen-bond acceptors (Lipinski definition) is 4. The van der Waals surface area contributed by atoms with Gasteiger partial charge in [-0.2, -0.15) is 0 Å². The van der Waals surface area contributed by atoms with Crippen molar-refractivity contribution in [2.45, 2.75) is 19.5 Å². The first-order chi connectivity index (χ1) is 9.65. The molecule has 0 fully saturated rings. The van der Waals surface area contributed by atoms with Crippen molar-refractivity contribution in [1.29, 1.82) is 0 Å². The van der Waals surface area contributed by atoms with Gasteiger partial charge in [-0.1, -0.05) is 6.07 Å². The Labute approximate surface area is 132 Å². The molecule has 0 aliphatic heterocycles. The molecule has 108 valence electrons. The van der Waals surface area contributed by atoms with Crippen LogP contribution in [0.3, 0.4) is 0 Å². The summed E-state index contributed by atoms with van der Waals surface area (Å²) in [6.07, 6.45) is 0. The molecule has 1 heterocycles. The van der Waals surface area contributed by atoms with E-state index in [1.165, 1.54) is 4.88 Å². The molecule has 0 aliphatic rings. The van der Waals surface area contributed by atoms with Crippen molar-refractivity contribution in [2.75, 3.05) is 14.2 Å². The lowest BCUT2D eigenvalue weighted by molar-refractivity contribution is 0.389. The average Bonchev–Trinajstić information content (AvgIpc) is 2.90. The van der Waals surface area contributed by atoms with Gasteiger partial charge in [0.15, 0.2) is 0 Å². The van der Waals surface area contributed by atoms with Gasteiger partial charge in [-0.05, 0) is 40.4 Å². The number of ether oxygens (including phenoxy) is 2. The maximum absolute atomic E-state index is 5.41. The zero-order valence-electron chi connectivity index (χ0n) is 11.8. The average molecular weight is 356 g/mol. The van der Waals surface area contributed by atoms with Gasteiger partial charge >= 0.3 is 0 Å². The fourth-order valence-electron chi connectivity index (χ4n) is 1.97. The number of nitrogens with one attached hydrogen (secondary N) is 1. The first kappa shape index (κ1) is 15.4. The number of thiophene rings is 1. The van der Waals surface area contributed by atoms with Gasteiger partial charge in [0.25, 0.3) is 0 Å². The first-order valence-corrected chi connectivity index (χ1v) is 8.00. The van der Waals surface area contributed by atoms with Crippen LogP contribution < -0.4 is 14.8 Å². The van der Waals surface area contributed by atoms with E-state index < -0.39 is 0 Å². The Morgan fingerprint density at radius 3 is 2.65 bits per heavy atom. The molecule has 1 atom stereocenters. The minimum Gasteiger partial charge on any atom is -0.497 e. The number of methoxy groups -OCH3 is 2. The van der Waals surface area contributed by atoms with Crippen LogP contribution in [0.5, 0.6) is 11.5 Å². The largest absolute Gasteiger partial charge is 0.497 e. The number of rotatable bonds is 6. The van der Waals surface area contributed by atoms with E-state index in [1.807, 2.05) is 18.2 Å². The standard InChI is InChI=1S/C15H18BrNO2S/c1-10(15-13(16)6-7-20-15)17-9-11-4-5-12(18-2)8-14(11)19-3/h4-8,10,17H,9H2,1-3H3. The predicted molar refractivity (Wildman–Crippen MR) is 86.8 cm³/mol. The fraction of sp³-hybridized carbons (Fsp3) is 0.333. The van der Waals surface area contributed by atoms with Gasteiger partial charge in [0.05, 0.1) is 14.2 Å². The summed E-state index contributed by atoms with van der Waals surface area (Å²) in [5.41, 5.74) is 1.12. The summed E-state index contributed by atoms with van der Waals surface area (Å²) in [4.78, 5) is 1.30. The third-order valence-corrected chi connectivity index (χ3v) is 5.18. The van der Waals surface area contributed by atoms with Gasteiger partial charge in [-0.3, -0.25) is 0 Å². The molecule has 0 saturated carbocycles. The summed E-state index contributed by atoms with van der Waals surface area (Å²) in [5, 5.41) is 5.60. The quantitative estimate of drug-likeness (QED) is 0.833. The van der Waals surface area contributed by atoms with Gasteiger partial charge in [0.2, 0.25) is 0 Å². The van der Waals surface area contributed by atoms with Crippen molar-refractivity contribution in [3.63, 3.8) is 0 Å². The summed E-state index contributed by atoms with van der Waals surface area (Å²) in [7, 11) is 3.33. The van der Waals surface area contributed by atoms with Crippen LogP contribution in [0.4, 0.5) is 0 Å². The maximum Gasteiger partial charge on any atom is 0.127 e. The Balaban J connectivity index is 2.05. The molecule has 1 aromatic heterocycles.